The molecule has 0 fully saturated rings. The highest BCUT2D eigenvalue weighted by atomic mass is 15.3. The van der Waals surface area contributed by atoms with E-state index < -0.39 is 0 Å². The number of aromatic nitrogens is 2. The number of rotatable bonds is 8. The van der Waals surface area contributed by atoms with Crippen molar-refractivity contribution in [1.29, 1.82) is 0 Å². The van der Waals surface area contributed by atoms with Gasteiger partial charge in [-0.15, -0.1) is 0 Å². The van der Waals surface area contributed by atoms with Crippen LogP contribution in [0, 0.1) is 19.8 Å². The van der Waals surface area contributed by atoms with Gasteiger partial charge in [-0.05, 0) is 45.6 Å². The maximum Gasteiger partial charge on any atom is 0.0641 e. The molecule has 0 aliphatic carbocycles. The van der Waals surface area contributed by atoms with E-state index in [2.05, 4.69) is 49.7 Å². The average Bonchev–Trinajstić information content (AvgIpc) is 2.56. The van der Waals surface area contributed by atoms with Crippen molar-refractivity contribution in [3.63, 3.8) is 0 Å². The Hall–Kier alpha value is -0.830. The van der Waals surface area contributed by atoms with Gasteiger partial charge in [-0.3, -0.25) is 4.68 Å². The highest BCUT2D eigenvalue weighted by Crippen LogP contribution is 2.14. The predicted octanol–water partition coefficient (Wildman–Crippen LogP) is 3.44. The van der Waals surface area contributed by atoms with E-state index in [1.54, 1.807) is 0 Å². The fraction of sp³-hybridized carbons (Fsp3) is 0.800. The van der Waals surface area contributed by atoms with Gasteiger partial charge in [0.25, 0.3) is 0 Å². The van der Waals surface area contributed by atoms with Crippen molar-refractivity contribution in [3.05, 3.63) is 17.0 Å². The molecule has 18 heavy (non-hydrogen) atoms. The molecule has 0 bridgehead atoms. The molecular formula is C15H29N3. The van der Waals surface area contributed by atoms with E-state index in [-0.39, 0.29) is 0 Å². The molecule has 3 nitrogen and oxygen atoms in total. The molecule has 1 aromatic heterocycles. The molecule has 104 valence electrons. The Bertz CT molecular complexity index is 353. The summed E-state index contributed by atoms with van der Waals surface area (Å²) in [6.07, 6.45) is 3.68. The second-order valence-corrected chi connectivity index (χ2v) is 5.59. The van der Waals surface area contributed by atoms with Crippen molar-refractivity contribution < 1.29 is 0 Å². The van der Waals surface area contributed by atoms with Crippen LogP contribution in [0.5, 0.6) is 0 Å². The van der Waals surface area contributed by atoms with Gasteiger partial charge in [0.2, 0.25) is 0 Å². The van der Waals surface area contributed by atoms with Crippen molar-refractivity contribution in [1.82, 2.24) is 15.1 Å². The number of nitrogens with zero attached hydrogens (tertiary/aromatic N) is 2. The van der Waals surface area contributed by atoms with Crippen LogP contribution >= 0.6 is 0 Å². The van der Waals surface area contributed by atoms with Gasteiger partial charge >= 0.3 is 0 Å². The smallest absolute Gasteiger partial charge is 0.0641 e. The molecule has 0 radical (unpaired) electrons. The molecule has 0 unspecified atom stereocenters. The minimum atomic E-state index is 0.785. The molecule has 0 saturated carbocycles. The van der Waals surface area contributed by atoms with Gasteiger partial charge in [0, 0.05) is 24.3 Å². The van der Waals surface area contributed by atoms with E-state index in [0.717, 1.165) is 25.6 Å². The Morgan fingerprint density at radius 2 is 2.00 bits per heavy atom. The first-order valence-electron chi connectivity index (χ1n) is 7.29. The molecule has 0 spiro atoms. The maximum absolute atomic E-state index is 4.66. The Labute approximate surface area is 112 Å². The molecule has 1 N–H and O–H groups in total. The molecule has 1 aromatic rings. The van der Waals surface area contributed by atoms with E-state index in [1.807, 2.05) is 0 Å². The van der Waals surface area contributed by atoms with Gasteiger partial charge in [0.05, 0.1) is 5.69 Å². The van der Waals surface area contributed by atoms with E-state index in [1.165, 1.54) is 36.2 Å². The third kappa shape index (κ3) is 4.45. The average molecular weight is 251 g/mol. The second kappa shape index (κ2) is 7.57. The van der Waals surface area contributed by atoms with Crippen molar-refractivity contribution in [2.75, 3.05) is 6.54 Å². The molecule has 0 amide bonds. The van der Waals surface area contributed by atoms with Crippen LogP contribution in [0.1, 0.15) is 57.0 Å². The summed E-state index contributed by atoms with van der Waals surface area (Å²) in [4.78, 5) is 0. The zero-order valence-corrected chi connectivity index (χ0v) is 12.7. The van der Waals surface area contributed by atoms with Crippen LogP contribution < -0.4 is 5.32 Å². The standard InChI is InChI=1S/C15H29N3/c1-6-9-16-11-15-13(4)17-18(14(15)5)10-7-8-12(2)3/h12,16H,6-11H2,1-5H3. The van der Waals surface area contributed by atoms with Gasteiger partial charge in [-0.1, -0.05) is 20.8 Å². The van der Waals surface area contributed by atoms with E-state index >= 15 is 0 Å². The largest absolute Gasteiger partial charge is 0.313 e. The summed E-state index contributed by atoms with van der Waals surface area (Å²) < 4.78 is 2.18. The number of hydrogen-bond donors (Lipinski definition) is 1. The molecular weight excluding hydrogens is 222 g/mol. The third-order valence-corrected chi connectivity index (χ3v) is 3.41. The SMILES string of the molecule is CCCNCc1c(C)nn(CCCC(C)C)c1C. The van der Waals surface area contributed by atoms with Crippen molar-refractivity contribution in [3.8, 4) is 0 Å². The molecule has 1 rings (SSSR count). The third-order valence-electron chi connectivity index (χ3n) is 3.41. The Morgan fingerprint density at radius 3 is 2.61 bits per heavy atom. The summed E-state index contributed by atoms with van der Waals surface area (Å²) in [5.41, 5.74) is 3.90. The molecule has 3 heteroatoms. The summed E-state index contributed by atoms with van der Waals surface area (Å²) in [6, 6.07) is 0. The lowest BCUT2D eigenvalue weighted by atomic mass is 10.1. The summed E-state index contributed by atoms with van der Waals surface area (Å²) in [6.45, 7) is 14.2. The lowest BCUT2D eigenvalue weighted by molar-refractivity contribution is 0.482. The van der Waals surface area contributed by atoms with Crippen LogP contribution in [0.3, 0.4) is 0 Å². The lowest BCUT2D eigenvalue weighted by Gasteiger charge is -2.07. The zero-order valence-electron chi connectivity index (χ0n) is 12.7. The van der Waals surface area contributed by atoms with E-state index in [4.69, 9.17) is 0 Å². The predicted molar refractivity (Wildman–Crippen MR) is 77.8 cm³/mol. The van der Waals surface area contributed by atoms with Gasteiger partial charge in [0.1, 0.15) is 0 Å². The van der Waals surface area contributed by atoms with Gasteiger partial charge < -0.3 is 5.32 Å². The quantitative estimate of drug-likeness (QED) is 0.717. The topological polar surface area (TPSA) is 29.9 Å². The van der Waals surface area contributed by atoms with E-state index in [9.17, 15) is 0 Å². The molecule has 0 aromatic carbocycles. The fourth-order valence-corrected chi connectivity index (χ4v) is 2.25. The van der Waals surface area contributed by atoms with Crippen LogP contribution in [-0.2, 0) is 13.1 Å². The molecule has 0 aliphatic rings. The lowest BCUT2D eigenvalue weighted by Crippen LogP contribution is -2.15. The van der Waals surface area contributed by atoms with Gasteiger partial charge in [-0.2, -0.15) is 5.10 Å². The van der Waals surface area contributed by atoms with Crippen molar-refractivity contribution >= 4 is 0 Å². The van der Waals surface area contributed by atoms with Crippen molar-refractivity contribution in [2.45, 2.75) is 67.0 Å². The number of nitrogens with one attached hydrogen (secondary N) is 1. The molecule has 0 aliphatic heterocycles. The Morgan fingerprint density at radius 1 is 1.28 bits per heavy atom. The normalized spacial score (nSPS) is 11.4. The Balaban J connectivity index is 2.56. The zero-order chi connectivity index (χ0) is 13.5. The summed E-state index contributed by atoms with van der Waals surface area (Å²) in [5.74, 6) is 0.785. The molecule has 0 saturated heterocycles. The minimum Gasteiger partial charge on any atom is -0.313 e. The second-order valence-electron chi connectivity index (χ2n) is 5.59. The van der Waals surface area contributed by atoms with Crippen LogP contribution in [0.15, 0.2) is 0 Å². The van der Waals surface area contributed by atoms with Crippen LogP contribution in [0.4, 0.5) is 0 Å². The van der Waals surface area contributed by atoms with Crippen LogP contribution in [0.25, 0.3) is 0 Å². The first kappa shape index (κ1) is 15.2. The number of hydrogen-bond acceptors (Lipinski definition) is 2. The van der Waals surface area contributed by atoms with Gasteiger partial charge in [0.15, 0.2) is 0 Å². The Kier molecular flexibility index (Phi) is 6.41. The van der Waals surface area contributed by atoms with Crippen molar-refractivity contribution in [2.24, 2.45) is 5.92 Å². The highest BCUT2D eigenvalue weighted by Gasteiger charge is 2.10. The van der Waals surface area contributed by atoms with Crippen LogP contribution in [-0.4, -0.2) is 16.3 Å². The number of aryl methyl sites for hydroxylation is 2. The minimum absolute atomic E-state index is 0.785. The highest BCUT2D eigenvalue weighted by molar-refractivity contribution is 5.24. The van der Waals surface area contributed by atoms with Gasteiger partial charge in [-0.25, -0.2) is 0 Å². The summed E-state index contributed by atoms with van der Waals surface area (Å²) in [7, 11) is 0. The molecule has 0 atom stereocenters. The summed E-state index contributed by atoms with van der Waals surface area (Å²) >= 11 is 0. The maximum atomic E-state index is 4.66. The first-order chi connectivity index (χ1) is 8.56. The van der Waals surface area contributed by atoms with Crippen LogP contribution in [0.2, 0.25) is 0 Å². The van der Waals surface area contributed by atoms with E-state index in [0.29, 0.717) is 0 Å². The molecule has 1 heterocycles. The summed E-state index contributed by atoms with van der Waals surface area (Å²) in [5, 5.41) is 8.13. The first-order valence-corrected chi connectivity index (χ1v) is 7.29. The monoisotopic (exact) mass is 251 g/mol. The fourth-order valence-electron chi connectivity index (χ4n) is 2.25.